The molecule has 0 saturated heterocycles. The van der Waals surface area contributed by atoms with Crippen molar-refractivity contribution in [2.75, 3.05) is 7.05 Å². The van der Waals surface area contributed by atoms with Crippen LogP contribution in [0.5, 0.6) is 0 Å². The average molecular weight is 415 g/mol. The van der Waals surface area contributed by atoms with Gasteiger partial charge >= 0.3 is 5.69 Å². The van der Waals surface area contributed by atoms with Crippen molar-refractivity contribution in [1.82, 2.24) is 19.7 Å². The van der Waals surface area contributed by atoms with Gasteiger partial charge in [0.25, 0.3) is 0 Å². The zero-order chi connectivity index (χ0) is 20.8. The van der Waals surface area contributed by atoms with Gasteiger partial charge < -0.3 is 4.90 Å². The van der Waals surface area contributed by atoms with Crippen molar-refractivity contribution in [3.05, 3.63) is 82.0 Å². The predicted octanol–water partition coefficient (Wildman–Crippen LogP) is 3.09. The molecule has 2 aromatic carbocycles. The van der Waals surface area contributed by atoms with Gasteiger partial charge in [0.05, 0.1) is 5.25 Å². The molecule has 0 radical (unpaired) electrons. The summed E-state index contributed by atoms with van der Waals surface area (Å²) in [7, 11) is 1.68. The van der Waals surface area contributed by atoms with Crippen LogP contribution in [0, 0.1) is 5.82 Å². The molecule has 1 N–H and O–H groups in total. The number of hydrogen-bond acceptors (Lipinski definition) is 4. The minimum absolute atomic E-state index is 0.121. The lowest BCUT2D eigenvalue weighted by Crippen LogP contribution is -2.33. The van der Waals surface area contributed by atoms with Crippen molar-refractivity contribution in [1.29, 1.82) is 0 Å². The molecule has 3 rings (SSSR count). The Labute approximate surface area is 172 Å². The summed E-state index contributed by atoms with van der Waals surface area (Å²) in [5.74, 6) is -0.450. The number of carbonyl (C=O) groups excluding carboxylic acids is 1. The van der Waals surface area contributed by atoms with Gasteiger partial charge in [0, 0.05) is 20.1 Å². The van der Waals surface area contributed by atoms with Crippen molar-refractivity contribution >= 4 is 17.7 Å². The number of H-pyrrole nitrogens is 1. The summed E-state index contributed by atoms with van der Waals surface area (Å²) in [6, 6.07) is 16.1. The maximum Gasteiger partial charge on any atom is 0.343 e. The molecule has 152 valence electrons. The van der Waals surface area contributed by atoms with Gasteiger partial charge in [-0.2, -0.15) is 0 Å². The molecule has 0 saturated carbocycles. The highest BCUT2D eigenvalue weighted by Crippen LogP contribution is 2.22. The van der Waals surface area contributed by atoms with Gasteiger partial charge in [0.15, 0.2) is 5.16 Å². The minimum atomic E-state index is -0.445. The van der Waals surface area contributed by atoms with Gasteiger partial charge in [-0.05, 0) is 36.6 Å². The molecule has 1 unspecified atom stereocenters. The number of hydrogen-bond donors (Lipinski definition) is 1. The summed E-state index contributed by atoms with van der Waals surface area (Å²) in [6.07, 6.45) is 0.690. The number of rotatable bonds is 8. The Bertz CT molecular complexity index is 1020. The molecule has 1 heterocycles. The zero-order valence-electron chi connectivity index (χ0n) is 16.3. The van der Waals surface area contributed by atoms with Crippen LogP contribution in [0.15, 0.2) is 64.5 Å². The smallest absolute Gasteiger partial charge is 0.340 e. The lowest BCUT2D eigenvalue weighted by atomic mass is 10.1. The fraction of sp³-hybridized carbons (Fsp3) is 0.286. The molecule has 0 bridgehead atoms. The van der Waals surface area contributed by atoms with Crippen LogP contribution in [0.2, 0.25) is 0 Å². The maximum absolute atomic E-state index is 13.4. The fourth-order valence-electron chi connectivity index (χ4n) is 2.98. The molecule has 3 aromatic rings. The molecule has 0 aliphatic heterocycles. The van der Waals surface area contributed by atoms with E-state index in [1.54, 1.807) is 35.6 Å². The number of aromatic nitrogens is 3. The van der Waals surface area contributed by atoms with Crippen molar-refractivity contribution in [2.24, 2.45) is 0 Å². The average Bonchev–Trinajstić information content (AvgIpc) is 3.05. The number of thioether (sulfide) groups is 1. The number of aromatic amines is 1. The van der Waals surface area contributed by atoms with E-state index in [9.17, 15) is 14.0 Å². The molecule has 0 aliphatic rings. The highest BCUT2D eigenvalue weighted by atomic mass is 32.2. The molecule has 0 aliphatic carbocycles. The lowest BCUT2D eigenvalue weighted by molar-refractivity contribution is -0.129. The monoisotopic (exact) mass is 414 g/mol. The van der Waals surface area contributed by atoms with E-state index in [-0.39, 0.29) is 17.4 Å². The van der Waals surface area contributed by atoms with Gasteiger partial charge in [-0.15, -0.1) is 5.10 Å². The number of halogens is 1. The van der Waals surface area contributed by atoms with Crippen LogP contribution < -0.4 is 5.69 Å². The number of amides is 1. The molecule has 1 amide bonds. The first-order chi connectivity index (χ1) is 13.9. The Morgan fingerprint density at radius 3 is 2.66 bits per heavy atom. The SMILES string of the molecule is CC(Sc1n[nH]c(=O)n1CCc1ccccc1)C(=O)N(C)Cc1cccc(F)c1. The highest BCUT2D eigenvalue weighted by molar-refractivity contribution is 8.00. The Morgan fingerprint density at radius 2 is 1.93 bits per heavy atom. The number of nitrogens with one attached hydrogen (secondary N) is 1. The highest BCUT2D eigenvalue weighted by Gasteiger charge is 2.22. The third-order valence-electron chi connectivity index (χ3n) is 4.51. The first kappa shape index (κ1) is 20.9. The second kappa shape index (κ2) is 9.56. The van der Waals surface area contributed by atoms with Crippen LogP contribution in [0.1, 0.15) is 18.1 Å². The quantitative estimate of drug-likeness (QED) is 0.575. The standard InChI is InChI=1S/C21H23FN4O2S/c1-15(19(27)25(2)14-17-9-6-10-18(22)13-17)29-21-24-23-20(28)26(21)12-11-16-7-4-3-5-8-16/h3-10,13,15H,11-12,14H2,1-2H3,(H,23,28). The third kappa shape index (κ3) is 5.57. The molecular formula is C21H23FN4O2S. The van der Waals surface area contributed by atoms with Crippen LogP contribution in [-0.2, 0) is 24.3 Å². The Balaban J connectivity index is 1.63. The number of carbonyl (C=O) groups is 1. The Hall–Kier alpha value is -2.87. The summed E-state index contributed by atoms with van der Waals surface area (Å²) >= 11 is 1.23. The van der Waals surface area contributed by atoms with E-state index in [1.165, 1.54) is 23.9 Å². The molecule has 6 nitrogen and oxygen atoms in total. The van der Waals surface area contributed by atoms with Crippen molar-refractivity contribution in [2.45, 2.75) is 36.8 Å². The molecule has 0 fully saturated rings. The van der Waals surface area contributed by atoms with Crippen LogP contribution in [0.25, 0.3) is 0 Å². The normalized spacial score (nSPS) is 12.0. The van der Waals surface area contributed by atoms with Gasteiger partial charge in [-0.3, -0.25) is 9.36 Å². The van der Waals surface area contributed by atoms with E-state index < -0.39 is 5.25 Å². The summed E-state index contributed by atoms with van der Waals surface area (Å²) in [5, 5.41) is 6.57. The summed E-state index contributed by atoms with van der Waals surface area (Å²) in [5.41, 5.74) is 1.55. The Kier molecular flexibility index (Phi) is 6.87. The van der Waals surface area contributed by atoms with E-state index in [4.69, 9.17) is 0 Å². The van der Waals surface area contributed by atoms with E-state index >= 15 is 0 Å². The molecule has 29 heavy (non-hydrogen) atoms. The van der Waals surface area contributed by atoms with Crippen LogP contribution in [0.4, 0.5) is 4.39 Å². The first-order valence-corrected chi connectivity index (χ1v) is 10.2. The second-order valence-corrected chi connectivity index (χ2v) is 8.09. The van der Waals surface area contributed by atoms with E-state index in [0.717, 1.165) is 11.1 Å². The first-order valence-electron chi connectivity index (χ1n) is 9.29. The van der Waals surface area contributed by atoms with Crippen molar-refractivity contribution in [3.8, 4) is 0 Å². The Morgan fingerprint density at radius 1 is 1.21 bits per heavy atom. The van der Waals surface area contributed by atoms with Crippen LogP contribution in [-0.4, -0.2) is 37.9 Å². The van der Waals surface area contributed by atoms with E-state index in [0.29, 0.717) is 24.7 Å². The van der Waals surface area contributed by atoms with Gasteiger partial charge in [0.2, 0.25) is 5.91 Å². The maximum atomic E-state index is 13.4. The van der Waals surface area contributed by atoms with Gasteiger partial charge in [-0.1, -0.05) is 54.2 Å². The third-order valence-corrected chi connectivity index (χ3v) is 5.58. The largest absolute Gasteiger partial charge is 0.343 e. The van der Waals surface area contributed by atoms with Crippen LogP contribution >= 0.6 is 11.8 Å². The summed E-state index contributed by atoms with van der Waals surface area (Å²) < 4.78 is 14.9. The van der Waals surface area contributed by atoms with Crippen molar-refractivity contribution < 1.29 is 9.18 Å². The summed E-state index contributed by atoms with van der Waals surface area (Å²) in [4.78, 5) is 26.4. The molecule has 1 aromatic heterocycles. The van der Waals surface area contributed by atoms with Gasteiger partial charge in [0.1, 0.15) is 5.82 Å². The predicted molar refractivity (Wildman–Crippen MR) is 111 cm³/mol. The minimum Gasteiger partial charge on any atom is -0.340 e. The van der Waals surface area contributed by atoms with E-state index in [2.05, 4.69) is 10.2 Å². The number of benzene rings is 2. The molecule has 1 atom stereocenters. The second-order valence-electron chi connectivity index (χ2n) is 6.78. The van der Waals surface area contributed by atoms with E-state index in [1.807, 2.05) is 30.3 Å². The summed E-state index contributed by atoms with van der Waals surface area (Å²) in [6.45, 7) is 2.56. The van der Waals surface area contributed by atoms with Gasteiger partial charge in [-0.25, -0.2) is 14.3 Å². The number of aryl methyl sites for hydroxylation is 1. The van der Waals surface area contributed by atoms with Crippen LogP contribution in [0.3, 0.4) is 0 Å². The fourth-order valence-corrected chi connectivity index (χ4v) is 3.98. The molecular weight excluding hydrogens is 391 g/mol. The zero-order valence-corrected chi connectivity index (χ0v) is 17.2. The number of nitrogens with zero attached hydrogens (tertiary/aromatic N) is 3. The molecule has 0 spiro atoms. The topological polar surface area (TPSA) is 71.0 Å². The lowest BCUT2D eigenvalue weighted by Gasteiger charge is -2.21. The van der Waals surface area contributed by atoms with Crippen molar-refractivity contribution in [3.63, 3.8) is 0 Å². The molecule has 8 heteroatoms.